The van der Waals surface area contributed by atoms with Crippen molar-refractivity contribution >= 4 is 0 Å². The standard InChI is InChI=1S/C2H7N4O2/c3-1-2-4-6(8)5-7/h4H,1-3H2/q-1/p+1. The van der Waals surface area contributed by atoms with Crippen molar-refractivity contribution in [3.63, 3.8) is 0 Å². The number of nitrogens with zero attached hydrogens (tertiary/aromatic N) is 2. The van der Waals surface area contributed by atoms with Crippen molar-refractivity contribution in [1.82, 2.24) is 10.7 Å². The molecule has 0 aromatic rings. The zero-order valence-corrected chi connectivity index (χ0v) is 4.33. The van der Waals surface area contributed by atoms with Crippen molar-refractivity contribution in [3.8, 4) is 0 Å². The second kappa shape index (κ2) is 4.44. The van der Waals surface area contributed by atoms with Gasteiger partial charge in [0.2, 0.25) is 0 Å². The predicted molar refractivity (Wildman–Crippen MR) is 26.8 cm³/mol. The molecular formula is C2H8N4O2. The number of hydrogen-bond acceptors (Lipinski definition) is 4. The maximum Gasteiger partial charge on any atom is 0.0885 e. The second-order valence-electron chi connectivity index (χ2n) is 1.12. The summed E-state index contributed by atoms with van der Waals surface area (Å²) in [5.41, 5.74) is 5.54. The number of nitroso groups, excluding NO2 is 1. The zero-order chi connectivity index (χ0) is 6.41. The average Bonchev–Trinajstić information content (AvgIpc) is 1.83. The van der Waals surface area contributed by atoms with Crippen LogP contribution < -0.4 is 11.2 Å². The molecule has 0 heterocycles. The lowest BCUT2D eigenvalue weighted by atomic mass is 10.7. The van der Waals surface area contributed by atoms with Crippen molar-refractivity contribution in [2.75, 3.05) is 13.1 Å². The molecule has 4 N–H and O–H groups in total. The molecule has 0 saturated carbocycles. The Kier molecular flexibility index (Phi) is 4.04. The van der Waals surface area contributed by atoms with Gasteiger partial charge < -0.3 is 10.9 Å². The van der Waals surface area contributed by atoms with Gasteiger partial charge in [0, 0.05) is 0 Å². The second-order valence-corrected chi connectivity index (χ2v) is 1.12. The molecule has 48 valence electrons. The van der Waals surface area contributed by atoms with Crippen molar-refractivity contribution in [2.24, 2.45) is 5.29 Å². The lowest BCUT2D eigenvalue weighted by Crippen LogP contribution is -2.55. The predicted octanol–water partition coefficient (Wildman–Crippen LogP) is -1.79. The van der Waals surface area contributed by atoms with Gasteiger partial charge in [0.15, 0.2) is 0 Å². The highest BCUT2D eigenvalue weighted by atomic mass is 16.6. The van der Waals surface area contributed by atoms with Crippen LogP contribution in [0.2, 0.25) is 0 Å². The molecule has 0 aliphatic heterocycles. The maximum atomic E-state index is 9.87. The molecule has 0 unspecified atom stereocenters. The van der Waals surface area contributed by atoms with Crippen molar-refractivity contribution in [3.05, 3.63) is 10.1 Å². The number of nitrogens with one attached hydrogen (secondary N) is 1. The molecule has 0 aliphatic rings. The van der Waals surface area contributed by atoms with Gasteiger partial charge in [0.25, 0.3) is 0 Å². The Bertz CT molecular complexity index is 67.1. The quantitative estimate of drug-likeness (QED) is 0.338. The molecule has 0 aromatic heterocycles. The van der Waals surface area contributed by atoms with E-state index in [0.717, 1.165) is 0 Å². The van der Waals surface area contributed by atoms with Crippen LogP contribution in [0.3, 0.4) is 0 Å². The first-order valence-electron chi connectivity index (χ1n) is 2.14. The van der Waals surface area contributed by atoms with Gasteiger partial charge in [-0.15, -0.1) is 4.91 Å². The Balaban J connectivity index is 2.98. The van der Waals surface area contributed by atoms with E-state index in [1.165, 1.54) is 0 Å². The summed E-state index contributed by atoms with van der Waals surface area (Å²) in [7, 11) is 0. The lowest BCUT2D eigenvalue weighted by Gasteiger charge is -2.18. The van der Waals surface area contributed by atoms with E-state index in [1.807, 2.05) is 5.29 Å². The molecular weight excluding hydrogens is 112 g/mol. The largest absolute Gasteiger partial charge is 0.724 e. The van der Waals surface area contributed by atoms with Crippen molar-refractivity contribution in [1.29, 1.82) is 0 Å². The molecule has 8 heavy (non-hydrogen) atoms. The molecule has 0 amide bonds. The van der Waals surface area contributed by atoms with Crippen LogP contribution in [0.25, 0.3) is 0 Å². The number of hydrogen-bond donors (Lipinski definition) is 2. The Hall–Kier alpha value is -0.720. The smallest absolute Gasteiger partial charge is 0.0885 e. The molecule has 0 atom stereocenters. The molecule has 0 radical (unpaired) electrons. The van der Waals surface area contributed by atoms with Gasteiger partial charge in [-0.2, -0.15) is 0 Å². The topological polar surface area (TPSA) is 95.4 Å². The molecule has 6 heteroatoms. The third kappa shape index (κ3) is 3.47. The minimum atomic E-state index is -0.134. The SMILES string of the molecule is [NH3+]CCNN([O-])N=O. The third-order valence-electron chi connectivity index (χ3n) is 0.498. The van der Waals surface area contributed by atoms with Crippen LogP contribution in [0.5, 0.6) is 0 Å². The van der Waals surface area contributed by atoms with Gasteiger partial charge in [0.05, 0.1) is 18.4 Å². The van der Waals surface area contributed by atoms with E-state index in [1.54, 1.807) is 0 Å². The average molecular weight is 120 g/mol. The van der Waals surface area contributed by atoms with Gasteiger partial charge in [-0.25, -0.2) is 5.43 Å². The molecule has 0 rings (SSSR count). The summed E-state index contributed by atoms with van der Waals surface area (Å²) in [6, 6.07) is 0. The fraction of sp³-hybridized carbons (Fsp3) is 1.00. The third-order valence-corrected chi connectivity index (χ3v) is 0.498. The Morgan fingerprint density at radius 2 is 2.50 bits per heavy atom. The van der Waals surface area contributed by atoms with Crippen LogP contribution >= 0.6 is 0 Å². The maximum absolute atomic E-state index is 9.87. The van der Waals surface area contributed by atoms with E-state index in [4.69, 9.17) is 0 Å². The first-order valence-corrected chi connectivity index (χ1v) is 2.14. The van der Waals surface area contributed by atoms with Gasteiger partial charge in [-0.1, -0.05) is 0 Å². The van der Waals surface area contributed by atoms with E-state index < -0.39 is 0 Å². The van der Waals surface area contributed by atoms with E-state index in [9.17, 15) is 10.1 Å². The molecule has 0 aliphatic carbocycles. The Morgan fingerprint density at radius 3 is 2.88 bits per heavy atom. The monoisotopic (exact) mass is 120 g/mol. The van der Waals surface area contributed by atoms with Gasteiger partial charge >= 0.3 is 0 Å². The fourth-order valence-corrected chi connectivity index (χ4v) is 0.204. The summed E-state index contributed by atoms with van der Waals surface area (Å²) in [4.78, 5) is 9.29. The van der Waals surface area contributed by atoms with Crippen LogP contribution in [-0.2, 0) is 0 Å². The molecule has 0 bridgehead atoms. The lowest BCUT2D eigenvalue weighted by molar-refractivity contribution is -0.366. The zero-order valence-electron chi connectivity index (χ0n) is 4.33. The van der Waals surface area contributed by atoms with Crippen LogP contribution in [0, 0.1) is 10.1 Å². The van der Waals surface area contributed by atoms with E-state index in [2.05, 4.69) is 11.2 Å². The Morgan fingerprint density at radius 1 is 1.88 bits per heavy atom. The van der Waals surface area contributed by atoms with Gasteiger partial charge in [-0.3, -0.25) is 5.28 Å². The van der Waals surface area contributed by atoms with Crippen LogP contribution in [0.4, 0.5) is 0 Å². The van der Waals surface area contributed by atoms with Gasteiger partial charge in [-0.05, 0) is 0 Å². The summed E-state index contributed by atoms with van der Waals surface area (Å²) >= 11 is 0. The minimum absolute atomic E-state index is 0.134. The first-order chi connectivity index (χ1) is 3.81. The summed E-state index contributed by atoms with van der Waals surface area (Å²) in [5.74, 6) is 0. The number of rotatable bonds is 4. The molecule has 0 saturated heterocycles. The summed E-state index contributed by atoms with van der Waals surface area (Å²) in [6.07, 6.45) is 0. The minimum Gasteiger partial charge on any atom is -0.724 e. The first kappa shape index (κ1) is 7.28. The molecule has 0 aromatic carbocycles. The fourth-order valence-electron chi connectivity index (χ4n) is 0.204. The van der Waals surface area contributed by atoms with Crippen LogP contribution in [0.15, 0.2) is 5.29 Å². The molecule has 0 spiro atoms. The number of hydrazine groups is 1. The van der Waals surface area contributed by atoms with Crippen molar-refractivity contribution in [2.45, 2.75) is 0 Å². The van der Waals surface area contributed by atoms with Crippen molar-refractivity contribution < 1.29 is 5.73 Å². The highest BCUT2D eigenvalue weighted by molar-refractivity contribution is 4.39. The van der Waals surface area contributed by atoms with E-state index >= 15 is 0 Å². The summed E-state index contributed by atoms with van der Waals surface area (Å²) in [6.45, 7) is 0.920. The molecule has 0 fully saturated rings. The van der Waals surface area contributed by atoms with Crippen LogP contribution in [0.1, 0.15) is 0 Å². The highest BCUT2D eigenvalue weighted by Gasteiger charge is 1.82. The number of quaternary nitrogens is 1. The summed E-state index contributed by atoms with van der Waals surface area (Å²) in [5, 5.41) is 11.8. The Labute approximate surface area is 46.1 Å². The van der Waals surface area contributed by atoms with Gasteiger partial charge in [0.1, 0.15) is 0 Å². The van der Waals surface area contributed by atoms with Crippen LogP contribution in [-0.4, -0.2) is 18.4 Å². The van der Waals surface area contributed by atoms with E-state index in [-0.39, 0.29) is 5.28 Å². The van der Waals surface area contributed by atoms with E-state index in [0.29, 0.717) is 13.1 Å². The normalized spacial score (nSPS) is 8.75. The summed E-state index contributed by atoms with van der Waals surface area (Å²) < 4.78 is 0. The molecule has 6 nitrogen and oxygen atoms in total. The highest BCUT2D eigenvalue weighted by Crippen LogP contribution is 1.71.